The van der Waals surface area contributed by atoms with Crippen LogP contribution in [0.4, 0.5) is 8.78 Å². The van der Waals surface area contributed by atoms with E-state index in [1.54, 1.807) is 13.1 Å². The van der Waals surface area contributed by atoms with Gasteiger partial charge in [0.05, 0.1) is 0 Å². The van der Waals surface area contributed by atoms with Crippen molar-refractivity contribution in [3.8, 4) is 5.88 Å². The predicted octanol–water partition coefficient (Wildman–Crippen LogP) is 2.21. The van der Waals surface area contributed by atoms with Crippen molar-refractivity contribution < 1.29 is 13.5 Å². The predicted molar refractivity (Wildman–Crippen MR) is 56.2 cm³/mol. The summed E-state index contributed by atoms with van der Waals surface area (Å²) in [5.74, 6) is 0.243. The summed E-state index contributed by atoms with van der Waals surface area (Å²) in [6.45, 7) is -0.115. The van der Waals surface area contributed by atoms with Gasteiger partial charge in [0.1, 0.15) is 0 Å². The van der Waals surface area contributed by atoms with Crippen LogP contribution in [0.1, 0.15) is 5.56 Å². The van der Waals surface area contributed by atoms with Gasteiger partial charge in [-0.2, -0.15) is 0 Å². The Kier molecular flexibility index (Phi) is 4.90. The number of pyridine rings is 1. The molecule has 0 aliphatic heterocycles. The molecule has 1 heterocycles. The first-order valence-electron chi connectivity index (χ1n) is 4.33. The summed E-state index contributed by atoms with van der Waals surface area (Å²) >= 11 is 3.25. The van der Waals surface area contributed by atoms with Crippen LogP contribution in [0.5, 0.6) is 5.88 Å². The van der Waals surface area contributed by atoms with E-state index in [9.17, 15) is 8.78 Å². The molecule has 15 heavy (non-hydrogen) atoms. The molecule has 0 saturated heterocycles. The first kappa shape index (κ1) is 12.3. The number of alkyl halides is 2. The van der Waals surface area contributed by atoms with Crippen LogP contribution < -0.4 is 10.1 Å². The average molecular weight is 281 g/mol. The maximum atomic E-state index is 11.9. The molecule has 6 heteroatoms. The molecule has 0 amide bonds. The Hall–Kier alpha value is -0.750. The average Bonchev–Trinajstić information content (AvgIpc) is 2.17. The molecule has 1 rings (SSSR count). The molecule has 1 aromatic heterocycles. The fourth-order valence-electron chi connectivity index (χ4n) is 1.06. The summed E-state index contributed by atoms with van der Waals surface area (Å²) in [5.41, 5.74) is 0.743. The molecule has 1 aromatic rings. The lowest BCUT2D eigenvalue weighted by molar-refractivity contribution is 0.0790. The Morgan fingerprint density at radius 1 is 1.60 bits per heavy atom. The van der Waals surface area contributed by atoms with Gasteiger partial charge >= 0.3 is 0 Å². The molecule has 0 unspecified atom stereocenters. The molecular formula is C9H11BrF2N2O. The van der Waals surface area contributed by atoms with Gasteiger partial charge in [0.2, 0.25) is 5.88 Å². The largest absolute Gasteiger partial charge is 0.471 e. The maximum Gasteiger partial charge on any atom is 0.272 e. The Morgan fingerprint density at radius 2 is 2.33 bits per heavy atom. The Morgan fingerprint density at radius 3 is 2.93 bits per heavy atom. The molecule has 0 bridgehead atoms. The first-order valence-corrected chi connectivity index (χ1v) is 5.12. The van der Waals surface area contributed by atoms with Gasteiger partial charge in [-0.3, -0.25) is 0 Å². The van der Waals surface area contributed by atoms with Crippen molar-refractivity contribution in [2.75, 3.05) is 13.7 Å². The normalized spacial score (nSPS) is 10.7. The standard InChI is InChI=1S/C9H11BrF2N2O/c1-13-3-6-2-7(10)4-14-9(6)15-5-8(11)12/h2,4,8,13H,3,5H2,1H3. The van der Waals surface area contributed by atoms with Gasteiger partial charge < -0.3 is 10.1 Å². The third-order valence-corrected chi connectivity index (χ3v) is 2.04. The number of nitrogens with one attached hydrogen (secondary N) is 1. The second-order valence-corrected chi connectivity index (χ2v) is 3.77. The number of hydrogen-bond acceptors (Lipinski definition) is 3. The van der Waals surface area contributed by atoms with Gasteiger partial charge in [-0.25, -0.2) is 13.8 Å². The van der Waals surface area contributed by atoms with Crippen LogP contribution in [0.25, 0.3) is 0 Å². The van der Waals surface area contributed by atoms with Crippen LogP contribution >= 0.6 is 15.9 Å². The van der Waals surface area contributed by atoms with E-state index < -0.39 is 13.0 Å². The summed E-state index contributed by atoms with van der Waals surface area (Å²) in [4.78, 5) is 3.93. The SMILES string of the molecule is CNCc1cc(Br)cnc1OCC(F)F. The van der Waals surface area contributed by atoms with Crippen LogP contribution in [0.3, 0.4) is 0 Å². The van der Waals surface area contributed by atoms with E-state index in [0.29, 0.717) is 6.54 Å². The number of rotatable bonds is 5. The quantitative estimate of drug-likeness (QED) is 0.898. The van der Waals surface area contributed by atoms with Gasteiger partial charge in [0, 0.05) is 22.8 Å². The molecule has 84 valence electrons. The van der Waals surface area contributed by atoms with Gasteiger partial charge in [-0.15, -0.1) is 0 Å². The van der Waals surface area contributed by atoms with E-state index in [-0.39, 0.29) is 5.88 Å². The summed E-state index contributed by atoms with van der Waals surface area (Å²) in [6.07, 6.45) is -0.974. The zero-order chi connectivity index (χ0) is 11.3. The van der Waals surface area contributed by atoms with Crippen molar-refractivity contribution in [1.29, 1.82) is 0 Å². The Balaban J connectivity index is 2.76. The zero-order valence-electron chi connectivity index (χ0n) is 8.14. The van der Waals surface area contributed by atoms with Crippen molar-refractivity contribution >= 4 is 15.9 Å². The number of hydrogen-bond donors (Lipinski definition) is 1. The van der Waals surface area contributed by atoms with E-state index in [1.807, 2.05) is 0 Å². The Bertz CT molecular complexity index is 323. The zero-order valence-corrected chi connectivity index (χ0v) is 9.72. The van der Waals surface area contributed by atoms with E-state index in [1.165, 1.54) is 6.20 Å². The molecule has 0 aliphatic carbocycles. The van der Waals surface area contributed by atoms with Gasteiger partial charge in [0.15, 0.2) is 6.61 Å². The highest BCUT2D eigenvalue weighted by Crippen LogP contribution is 2.20. The molecule has 0 aromatic carbocycles. The van der Waals surface area contributed by atoms with Gasteiger partial charge in [-0.05, 0) is 29.0 Å². The highest BCUT2D eigenvalue weighted by atomic mass is 79.9. The van der Waals surface area contributed by atoms with Crippen LogP contribution in [0, 0.1) is 0 Å². The number of aromatic nitrogens is 1. The highest BCUT2D eigenvalue weighted by molar-refractivity contribution is 9.10. The number of ether oxygens (including phenoxy) is 1. The topological polar surface area (TPSA) is 34.2 Å². The molecule has 0 radical (unpaired) electrons. The van der Waals surface area contributed by atoms with Crippen molar-refractivity contribution in [1.82, 2.24) is 10.3 Å². The van der Waals surface area contributed by atoms with Gasteiger partial charge in [0.25, 0.3) is 6.43 Å². The minimum atomic E-state index is -2.49. The summed E-state index contributed by atoms with van der Waals surface area (Å²) < 4.78 is 29.6. The Labute approximate surface area is 95.0 Å². The molecule has 0 saturated carbocycles. The molecule has 0 fully saturated rings. The minimum Gasteiger partial charge on any atom is -0.471 e. The summed E-state index contributed by atoms with van der Waals surface area (Å²) in [5, 5.41) is 2.91. The van der Waals surface area contributed by atoms with Crippen LogP contribution in [-0.2, 0) is 6.54 Å². The van der Waals surface area contributed by atoms with Crippen LogP contribution in [0.15, 0.2) is 16.7 Å². The molecular weight excluding hydrogens is 270 g/mol. The van der Waals surface area contributed by atoms with Crippen molar-refractivity contribution in [2.24, 2.45) is 0 Å². The lowest BCUT2D eigenvalue weighted by atomic mass is 10.3. The molecule has 0 aliphatic rings. The number of nitrogens with zero attached hydrogens (tertiary/aromatic N) is 1. The highest BCUT2D eigenvalue weighted by Gasteiger charge is 2.09. The summed E-state index contributed by atoms with van der Waals surface area (Å²) in [7, 11) is 1.76. The molecule has 3 nitrogen and oxygen atoms in total. The lowest BCUT2D eigenvalue weighted by Crippen LogP contribution is -2.12. The van der Waals surface area contributed by atoms with E-state index in [2.05, 4.69) is 26.2 Å². The van der Waals surface area contributed by atoms with E-state index >= 15 is 0 Å². The monoisotopic (exact) mass is 280 g/mol. The number of halogens is 3. The van der Waals surface area contributed by atoms with Crippen LogP contribution in [0.2, 0.25) is 0 Å². The summed E-state index contributed by atoms with van der Waals surface area (Å²) in [6, 6.07) is 1.78. The van der Waals surface area contributed by atoms with Gasteiger partial charge in [-0.1, -0.05) is 0 Å². The van der Waals surface area contributed by atoms with Crippen molar-refractivity contribution in [3.63, 3.8) is 0 Å². The second-order valence-electron chi connectivity index (χ2n) is 2.85. The second kappa shape index (κ2) is 5.97. The molecule has 1 N–H and O–H groups in total. The molecule has 0 atom stereocenters. The maximum absolute atomic E-state index is 11.9. The minimum absolute atomic E-state index is 0.243. The third-order valence-electron chi connectivity index (χ3n) is 1.61. The van der Waals surface area contributed by atoms with Crippen molar-refractivity contribution in [2.45, 2.75) is 13.0 Å². The van der Waals surface area contributed by atoms with Crippen LogP contribution in [-0.4, -0.2) is 25.1 Å². The van der Waals surface area contributed by atoms with E-state index in [4.69, 9.17) is 4.74 Å². The smallest absolute Gasteiger partial charge is 0.272 e. The van der Waals surface area contributed by atoms with E-state index in [0.717, 1.165) is 10.0 Å². The lowest BCUT2D eigenvalue weighted by Gasteiger charge is -2.09. The fraction of sp³-hybridized carbons (Fsp3) is 0.444. The first-order chi connectivity index (χ1) is 7.13. The third kappa shape index (κ3) is 4.09. The fourth-order valence-corrected chi connectivity index (χ4v) is 1.44. The molecule has 0 spiro atoms. The van der Waals surface area contributed by atoms with Crippen molar-refractivity contribution in [3.05, 3.63) is 22.3 Å².